The number of piperazine rings is 1. The van der Waals surface area contributed by atoms with Gasteiger partial charge in [0.2, 0.25) is 11.8 Å². The van der Waals surface area contributed by atoms with Crippen LogP contribution in [0.15, 0.2) is 65.2 Å². The van der Waals surface area contributed by atoms with E-state index in [1.165, 1.54) is 0 Å². The summed E-state index contributed by atoms with van der Waals surface area (Å²) >= 11 is 0. The molecule has 270 valence electrons. The van der Waals surface area contributed by atoms with Gasteiger partial charge in [-0.1, -0.05) is 29.4 Å². The zero-order valence-corrected chi connectivity index (χ0v) is 30.1. The van der Waals surface area contributed by atoms with Crippen molar-refractivity contribution in [3.8, 4) is 17.2 Å². The molecule has 0 radical (unpaired) electrons. The number of rotatable bonds is 9. The molecule has 4 amide bonds. The van der Waals surface area contributed by atoms with Crippen molar-refractivity contribution in [2.75, 3.05) is 49.1 Å². The fourth-order valence-electron chi connectivity index (χ4n) is 8.02. The first-order valence-electron chi connectivity index (χ1n) is 18.2. The van der Waals surface area contributed by atoms with Crippen LogP contribution < -0.4 is 15.1 Å². The lowest BCUT2D eigenvalue weighted by molar-refractivity contribution is -0.136. The molecule has 0 bridgehead atoms. The van der Waals surface area contributed by atoms with Crippen LogP contribution in [0.4, 0.5) is 17.1 Å². The van der Waals surface area contributed by atoms with Crippen LogP contribution in [-0.2, 0) is 15.0 Å². The molecule has 1 aliphatic carbocycles. The number of aryl methyl sites for hydroxylation is 3. The van der Waals surface area contributed by atoms with Crippen LogP contribution in [0.25, 0.3) is 11.1 Å². The highest BCUT2D eigenvalue weighted by Gasteiger charge is 2.46. The topological polar surface area (TPSA) is 143 Å². The molecule has 8 rings (SSSR count). The number of carbonyl (C=O) groups is 4. The number of benzene rings is 3. The molecule has 1 unspecified atom stereocenters. The molecular weight excluding hydrogens is 670 g/mol. The van der Waals surface area contributed by atoms with E-state index in [9.17, 15) is 24.4 Å². The highest BCUT2D eigenvalue weighted by atomic mass is 16.5. The number of fused-ring (bicyclic) bond motifs is 1. The zero-order chi connectivity index (χ0) is 37.0. The number of carbonyl (C=O) groups excluding carboxylic acids is 4. The van der Waals surface area contributed by atoms with Gasteiger partial charge in [0.1, 0.15) is 11.8 Å². The molecule has 4 aliphatic rings. The summed E-state index contributed by atoms with van der Waals surface area (Å²) in [6.45, 7) is 10.7. The van der Waals surface area contributed by atoms with Crippen LogP contribution in [-0.4, -0.2) is 83.9 Å². The van der Waals surface area contributed by atoms with Gasteiger partial charge in [-0.25, -0.2) is 0 Å². The maximum absolute atomic E-state index is 13.4. The van der Waals surface area contributed by atoms with Gasteiger partial charge >= 0.3 is 0 Å². The number of anilines is 3. The summed E-state index contributed by atoms with van der Waals surface area (Å²) in [5.41, 5.74) is 8.35. The standard InChI is InChI=1S/C41H41N7O5/c1-25-4-5-28(37-26(2)44-53-27(37)3)22-35(25)47(30-8-6-29(7-9-30)41(24-42)14-15-41)21-18-45-16-19-46(20-17-45)31-10-11-32-33(23-31)40(52)48(39(32)51)34-12-13-36(49)43-38(34)50/h4-11,22-23,34H,12-21H2,1-3H3,(H,43,49,50). The molecule has 3 fully saturated rings. The Bertz CT molecular complexity index is 2170. The summed E-state index contributed by atoms with van der Waals surface area (Å²) in [4.78, 5) is 58.8. The molecule has 1 aromatic heterocycles. The summed E-state index contributed by atoms with van der Waals surface area (Å²) in [7, 11) is 0. The van der Waals surface area contributed by atoms with Gasteiger partial charge in [-0.3, -0.25) is 34.3 Å². The normalized spacial score (nSPS) is 19.6. The zero-order valence-electron chi connectivity index (χ0n) is 30.1. The fraction of sp³-hybridized carbons (Fsp3) is 0.366. The molecule has 12 nitrogen and oxygen atoms in total. The molecule has 4 aromatic rings. The molecule has 3 aliphatic heterocycles. The number of nitriles is 1. The number of aromatic nitrogens is 1. The first-order valence-corrected chi connectivity index (χ1v) is 18.2. The Hall–Kier alpha value is -5.80. The van der Waals surface area contributed by atoms with Crippen LogP contribution in [0, 0.1) is 32.1 Å². The minimum absolute atomic E-state index is 0.0841. The third-order valence-corrected chi connectivity index (χ3v) is 11.3. The maximum Gasteiger partial charge on any atom is 0.262 e. The van der Waals surface area contributed by atoms with E-state index in [0.717, 1.165) is 108 Å². The van der Waals surface area contributed by atoms with Crippen LogP contribution in [0.5, 0.6) is 0 Å². The second-order valence-corrected chi connectivity index (χ2v) is 14.6. The Labute approximate surface area is 307 Å². The largest absolute Gasteiger partial charge is 0.369 e. The van der Waals surface area contributed by atoms with Crippen LogP contribution >= 0.6 is 0 Å². The van der Waals surface area contributed by atoms with Crippen LogP contribution in [0.2, 0.25) is 0 Å². The lowest BCUT2D eigenvalue weighted by Gasteiger charge is -2.37. The van der Waals surface area contributed by atoms with Crippen molar-refractivity contribution < 1.29 is 23.7 Å². The minimum Gasteiger partial charge on any atom is -0.369 e. The van der Waals surface area contributed by atoms with Gasteiger partial charge in [0.25, 0.3) is 11.8 Å². The number of nitrogens with zero attached hydrogens (tertiary/aromatic N) is 6. The molecule has 1 atom stereocenters. The Morgan fingerprint density at radius 3 is 2.32 bits per heavy atom. The lowest BCUT2D eigenvalue weighted by Crippen LogP contribution is -2.54. The van der Waals surface area contributed by atoms with Gasteiger partial charge in [-0.15, -0.1) is 0 Å². The Morgan fingerprint density at radius 1 is 0.925 bits per heavy atom. The van der Waals surface area contributed by atoms with Crippen molar-refractivity contribution in [3.63, 3.8) is 0 Å². The van der Waals surface area contributed by atoms with Gasteiger partial charge < -0.3 is 14.3 Å². The fourth-order valence-corrected chi connectivity index (χ4v) is 8.02. The van der Waals surface area contributed by atoms with E-state index in [1.807, 2.05) is 19.9 Å². The molecular formula is C41H41N7O5. The first-order chi connectivity index (χ1) is 25.6. The summed E-state index contributed by atoms with van der Waals surface area (Å²) in [6.07, 6.45) is 2.01. The Morgan fingerprint density at radius 2 is 1.66 bits per heavy atom. The monoisotopic (exact) mass is 711 g/mol. The highest BCUT2D eigenvalue weighted by molar-refractivity contribution is 6.23. The van der Waals surface area contributed by atoms with E-state index in [2.05, 4.69) is 80.6 Å². The Kier molecular flexibility index (Phi) is 8.61. The number of amides is 4. The number of nitrogens with one attached hydrogen (secondary N) is 1. The molecule has 1 saturated carbocycles. The van der Waals surface area contributed by atoms with Crippen molar-refractivity contribution in [1.29, 1.82) is 5.26 Å². The van der Waals surface area contributed by atoms with Gasteiger partial charge in [-0.2, -0.15) is 5.26 Å². The van der Waals surface area contributed by atoms with Crippen molar-refractivity contribution in [2.24, 2.45) is 0 Å². The first kappa shape index (κ1) is 34.3. The molecule has 12 heteroatoms. The average Bonchev–Trinajstić information content (AvgIpc) is 3.84. The summed E-state index contributed by atoms with van der Waals surface area (Å²) < 4.78 is 5.50. The lowest BCUT2D eigenvalue weighted by atomic mass is 9.97. The Balaban J connectivity index is 0.980. The predicted molar refractivity (Wildman–Crippen MR) is 198 cm³/mol. The maximum atomic E-state index is 13.4. The van der Waals surface area contributed by atoms with Gasteiger partial charge in [0.05, 0.1) is 28.3 Å². The number of hydrogen-bond donors (Lipinski definition) is 1. The van der Waals surface area contributed by atoms with E-state index < -0.39 is 29.7 Å². The predicted octanol–water partition coefficient (Wildman–Crippen LogP) is 5.18. The van der Waals surface area contributed by atoms with E-state index in [1.54, 1.807) is 12.1 Å². The van der Waals surface area contributed by atoms with Crippen molar-refractivity contribution in [2.45, 2.75) is 57.9 Å². The number of imide groups is 2. The highest BCUT2D eigenvalue weighted by Crippen LogP contribution is 2.48. The second-order valence-electron chi connectivity index (χ2n) is 14.6. The van der Waals surface area contributed by atoms with Crippen LogP contribution in [0.3, 0.4) is 0 Å². The van der Waals surface area contributed by atoms with Crippen molar-refractivity contribution in [3.05, 3.63) is 94.4 Å². The quantitative estimate of drug-likeness (QED) is 0.231. The third kappa shape index (κ3) is 6.14. The van der Waals surface area contributed by atoms with Crippen LogP contribution in [0.1, 0.15) is 69.0 Å². The van der Waals surface area contributed by atoms with E-state index in [0.29, 0.717) is 0 Å². The summed E-state index contributed by atoms with van der Waals surface area (Å²) in [5, 5.41) is 16.2. The van der Waals surface area contributed by atoms with Crippen molar-refractivity contribution in [1.82, 2.24) is 20.3 Å². The number of hydrogen-bond acceptors (Lipinski definition) is 10. The molecule has 3 aromatic carbocycles. The average molecular weight is 712 g/mol. The molecule has 53 heavy (non-hydrogen) atoms. The second kappa shape index (κ2) is 13.3. The molecule has 4 heterocycles. The minimum atomic E-state index is -0.987. The summed E-state index contributed by atoms with van der Waals surface area (Å²) in [5.74, 6) is -1.23. The van der Waals surface area contributed by atoms with Gasteiger partial charge in [-0.05, 0) is 93.1 Å². The van der Waals surface area contributed by atoms with E-state index >= 15 is 0 Å². The van der Waals surface area contributed by atoms with E-state index in [-0.39, 0.29) is 29.4 Å². The molecule has 1 N–H and O–H groups in total. The smallest absolute Gasteiger partial charge is 0.262 e. The number of piperidine rings is 1. The van der Waals surface area contributed by atoms with E-state index in [4.69, 9.17) is 4.52 Å². The third-order valence-electron chi connectivity index (χ3n) is 11.3. The van der Waals surface area contributed by atoms with Gasteiger partial charge in [0, 0.05) is 68.3 Å². The molecule has 2 saturated heterocycles. The SMILES string of the molecule is Cc1ccc(-c2c(C)noc2C)cc1N(CCN1CCN(c2ccc3c(c2)C(=O)N(C2CCC(=O)NC2=O)C3=O)CC1)c1ccc(C2(C#N)CC2)cc1. The van der Waals surface area contributed by atoms with Gasteiger partial charge in [0.15, 0.2) is 0 Å². The summed E-state index contributed by atoms with van der Waals surface area (Å²) in [6, 6.07) is 21.8. The molecule has 0 spiro atoms. The van der Waals surface area contributed by atoms with Crippen molar-refractivity contribution >= 4 is 40.7 Å².